The average Bonchev–Trinajstić information content (AvgIpc) is 2.47. The van der Waals surface area contributed by atoms with Crippen LogP contribution < -0.4 is 9.47 Å². The first kappa shape index (κ1) is 17.3. The second kappa shape index (κ2) is 7.85. The van der Waals surface area contributed by atoms with Gasteiger partial charge in [0.2, 0.25) is 0 Å². The summed E-state index contributed by atoms with van der Waals surface area (Å²) in [5.41, 5.74) is 0.235. The lowest BCUT2D eigenvalue weighted by molar-refractivity contribution is -0.180. The fourth-order valence-electron chi connectivity index (χ4n) is 1.82. The molecule has 0 spiro atoms. The van der Waals surface area contributed by atoms with Gasteiger partial charge in [-0.25, -0.2) is 0 Å². The van der Waals surface area contributed by atoms with Crippen molar-refractivity contribution in [1.82, 2.24) is 0 Å². The largest absolute Gasteiger partial charge is 0.490 e. The van der Waals surface area contributed by atoms with Crippen LogP contribution in [0.3, 0.4) is 0 Å². The fraction of sp³-hybridized carbons (Fsp3) is 0.533. The summed E-state index contributed by atoms with van der Waals surface area (Å²) in [5, 5.41) is 20.2. The maximum Gasteiger partial charge on any atom is 0.305 e. The molecule has 0 aromatic heterocycles. The predicted molar refractivity (Wildman–Crippen MR) is 76.1 cm³/mol. The van der Waals surface area contributed by atoms with Crippen LogP contribution in [0.25, 0.3) is 0 Å². The van der Waals surface area contributed by atoms with Gasteiger partial charge in [0.05, 0.1) is 26.7 Å². The van der Waals surface area contributed by atoms with Crippen molar-refractivity contribution in [2.45, 2.75) is 32.5 Å². The molecule has 0 bridgehead atoms. The Morgan fingerprint density at radius 3 is 2.33 bits per heavy atom. The van der Waals surface area contributed by atoms with Gasteiger partial charge in [0.1, 0.15) is 0 Å². The number of carbonyl (C=O) groups excluding carboxylic acids is 1. The lowest BCUT2D eigenvalue weighted by Gasteiger charge is -2.23. The van der Waals surface area contributed by atoms with Gasteiger partial charge in [-0.05, 0) is 32.0 Å². The zero-order valence-electron chi connectivity index (χ0n) is 12.6. The van der Waals surface area contributed by atoms with Gasteiger partial charge in [-0.3, -0.25) is 4.79 Å². The highest BCUT2D eigenvalue weighted by Gasteiger charge is 2.28. The third kappa shape index (κ3) is 4.91. The number of hydrogen-bond acceptors (Lipinski definition) is 6. The maximum absolute atomic E-state index is 11.1. The number of carbonyl (C=O) groups is 1. The Labute approximate surface area is 124 Å². The molecule has 1 aromatic carbocycles. The summed E-state index contributed by atoms with van der Waals surface area (Å²) < 4.78 is 15.3. The quantitative estimate of drug-likeness (QED) is 0.560. The van der Waals surface area contributed by atoms with E-state index in [-0.39, 0.29) is 18.4 Å². The summed E-state index contributed by atoms with van der Waals surface area (Å²) in [6.45, 7) is 4.58. The lowest BCUT2D eigenvalue weighted by atomic mass is 10.0. The first-order valence-electron chi connectivity index (χ1n) is 6.86. The van der Waals surface area contributed by atoms with Gasteiger partial charge in [0.15, 0.2) is 17.3 Å². The molecule has 0 unspecified atom stereocenters. The Balaban J connectivity index is 2.95. The molecule has 6 nitrogen and oxygen atoms in total. The smallest absolute Gasteiger partial charge is 0.305 e. The summed E-state index contributed by atoms with van der Waals surface area (Å²) in [5.74, 6) is -1.67. The van der Waals surface area contributed by atoms with Crippen LogP contribution in [0.5, 0.6) is 11.5 Å². The molecule has 0 fully saturated rings. The Kier molecular flexibility index (Phi) is 6.45. The number of rotatable bonds is 8. The molecule has 0 heterocycles. The predicted octanol–water partition coefficient (Wildman–Crippen LogP) is 1.57. The minimum Gasteiger partial charge on any atom is -0.490 e. The highest BCUT2D eigenvalue weighted by atomic mass is 16.5. The first-order valence-corrected chi connectivity index (χ1v) is 6.86. The van der Waals surface area contributed by atoms with E-state index in [1.165, 1.54) is 19.2 Å². The van der Waals surface area contributed by atoms with Crippen molar-refractivity contribution in [2.75, 3.05) is 20.3 Å². The number of esters is 1. The molecule has 1 rings (SSSR count). The number of benzene rings is 1. The summed E-state index contributed by atoms with van der Waals surface area (Å²) >= 11 is 0. The van der Waals surface area contributed by atoms with Gasteiger partial charge in [0, 0.05) is 12.0 Å². The molecule has 0 saturated heterocycles. The van der Waals surface area contributed by atoms with E-state index in [9.17, 15) is 15.0 Å². The van der Waals surface area contributed by atoms with Crippen LogP contribution in [0.2, 0.25) is 0 Å². The van der Waals surface area contributed by atoms with Crippen LogP contribution in [-0.2, 0) is 15.3 Å². The molecule has 1 aromatic rings. The molecule has 0 radical (unpaired) electrons. The number of aliphatic hydroxyl groups is 2. The van der Waals surface area contributed by atoms with E-state index < -0.39 is 11.8 Å². The van der Waals surface area contributed by atoms with Crippen molar-refractivity contribution in [3.63, 3.8) is 0 Å². The van der Waals surface area contributed by atoms with Crippen LogP contribution in [0, 0.1) is 0 Å². The highest BCUT2D eigenvalue weighted by molar-refractivity contribution is 5.69. The summed E-state index contributed by atoms with van der Waals surface area (Å²) in [4.78, 5) is 11.1. The van der Waals surface area contributed by atoms with Gasteiger partial charge < -0.3 is 24.4 Å². The molecule has 6 heteroatoms. The number of ether oxygens (including phenoxy) is 3. The molecule has 0 atom stereocenters. The molecule has 0 saturated carbocycles. The normalized spacial score (nSPS) is 11.1. The van der Waals surface area contributed by atoms with Crippen molar-refractivity contribution < 1.29 is 29.2 Å². The second-order valence-corrected chi connectivity index (χ2v) is 4.42. The third-order valence-electron chi connectivity index (χ3n) is 2.91. The van der Waals surface area contributed by atoms with Crippen LogP contribution in [0.1, 0.15) is 32.3 Å². The third-order valence-corrected chi connectivity index (χ3v) is 2.91. The molecule has 2 N–H and O–H groups in total. The van der Waals surface area contributed by atoms with Crippen molar-refractivity contribution in [3.05, 3.63) is 23.8 Å². The van der Waals surface area contributed by atoms with Crippen molar-refractivity contribution in [1.29, 1.82) is 0 Å². The number of methoxy groups -OCH3 is 1. The Morgan fingerprint density at radius 1 is 1.14 bits per heavy atom. The lowest BCUT2D eigenvalue weighted by Crippen LogP contribution is -2.26. The van der Waals surface area contributed by atoms with Gasteiger partial charge in [-0.1, -0.05) is 0 Å². The van der Waals surface area contributed by atoms with E-state index in [0.29, 0.717) is 24.7 Å². The molecular weight excluding hydrogens is 276 g/mol. The van der Waals surface area contributed by atoms with Gasteiger partial charge in [0.25, 0.3) is 0 Å². The molecule has 0 amide bonds. The Morgan fingerprint density at radius 2 is 1.76 bits per heavy atom. The molecule has 21 heavy (non-hydrogen) atoms. The van der Waals surface area contributed by atoms with E-state index in [0.717, 1.165) is 0 Å². The molecule has 118 valence electrons. The minimum absolute atomic E-state index is 0.0965. The van der Waals surface area contributed by atoms with E-state index in [1.807, 2.05) is 13.8 Å². The average molecular weight is 298 g/mol. The van der Waals surface area contributed by atoms with Crippen LogP contribution in [0.4, 0.5) is 0 Å². The van der Waals surface area contributed by atoms with Gasteiger partial charge >= 0.3 is 5.97 Å². The number of hydrogen-bond donors (Lipinski definition) is 2. The Bertz CT molecular complexity index is 469. The zero-order chi connectivity index (χ0) is 15.9. The molecule has 0 aliphatic carbocycles. The monoisotopic (exact) mass is 298 g/mol. The second-order valence-electron chi connectivity index (χ2n) is 4.42. The highest BCUT2D eigenvalue weighted by Crippen LogP contribution is 2.33. The topological polar surface area (TPSA) is 85.2 Å². The van der Waals surface area contributed by atoms with Gasteiger partial charge in [-0.2, -0.15) is 0 Å². The zero-order valence-corrected chi connectivity index (χ0v) is 12.6. The van der Waals surface area contributed by atoms with E-state index in [4.69, 9.17) is 9.47 Å². The van der Waals surface area contributed by atoms with Crippen LogP contribution in [0.15, 0.2) is 18.2 Å². The van der Waals surface area contributed by atoms with E-state index >= 15 is 0 Å². The summed E-state index contributed by atoms with van der Waals surface area (Å²) in [7, 11) is 1.25. The van der Waals surface area contributed by atoms with E-state index in [1.54, 1.807) is 6.07 Å². The first-order chi connectivity index (χ1) is 9.94. The fourth-order valence-corrected chi connectivity index (χ4v) is 1.82. The SMILES string of the molecule is CCOc1ccc(C(O)(O)CCC(=O)OC)cc1OCC. The van der Waals surface area contributed by atoms with Crippen molar-refractivity contribution in [3.8, 4) is 11.5 Å². The standard InChI is InChI=1S/C15H22O6/c1-4-20-12-7-6-11(10-13(12)21-5-2)15(17,18)9-8-14(16)19-3/h6-7,10,17-18H,4-5,8-9H2,1-3H3. The molecule has 0 aliphatic heterocycles. The van der Waals surface area contributed by atoms with Crippen LogP contribution >= 0.6 is 0 Å². The van der Waals surface area contributed by atoms with Crippen LogP contribution in [-0.4, -0.2) is 36.5 Å². The Hall–Kier alpha value is -1.79. The molecular formula is C15H22O6. The van der Waals surface area contributed by atoms with Gasteiger partial charge in [-0.15, -0.1) is 0 Å². The van der Waals surface area contributed by atoms with Crippen molar-refractivity contribution >= 4 is 5.97 Å². The maximum atomic E-state index is 11.1. The van der Waals surface area contributed by atoms with Crippen molar-refractivity contribution in [2.24, 2.45) is 0 Å². The summed E-state index contributed by atoms with van der Waals surface area (Å²) in [6, 6.07) is 4.65. The molecule has 0 aliphatic rings. The summed E-state index contributed by atoms with van der Waals surface area (Å²) in [6.07, 6.45) is -0.264. The van der Waals surface area contributed by atoms with E-state index in [2.05, 4.69) is 4.74 Å². The minimum atomic E-state index is -2.13.